The smallest absolute Gasteiger partial charge is 0.0836 e. The van der Waals surface area contributed by atoms with Crippen molar-refractivity contribution >= 4 is 0 Å². The van der Waals surface area contributed by atoms with E-state index in [1.165, 1.54) is 45.1 Å². The van der Waals surface area contributed by atoms with E-state index < -0.39 is 0 Å². The maximum Gasteiger partial charge on any atom is 0.0836 e. The van der Waals surface area contributed by atoms with Gasteiger partial charge in [-0.2, -0.15) is 0 Å². The van der Waals surface area contributed by atoms with Crippen LogP contribution in [0.5, 0.6) is 0 Å². The first kappa shape index (κ1) is 11.4. The van der Waals surface area contributed by atoms with Crippen LogP contribution < -0.4 is 0 Å². The topological polar surface area (TPSA) is 12.5 Å². The Morgan fingerprint density at radius 2 is 2.07 bits per heavy atom. The van der Waals surface area contributed by atoms with Gasteiger partial charge in [-0.3, -0.25) is 0 Å². The summed E-state index contributed by atoms with van der Waals surface area (Å²) in [6, 6.07) is 0. The third-order valence-electron chi connectivity index (χ3n) is 4.21. The highest BCUT2D eigenvalue weighted by atomic mass is 16.5. The van der Waals surface area contributed by atoms with Crippen LogP contribution in [0.1, 0.15) is 45.4 Å². The normalized spacial score (nSPS) is 38.4. The summed E-state index contributed by atoms with van der Waals surface area (Å²) in [6.45, 7) is 5.44. The molecule has 0 spiro atoms. The average Bonchev–Trinajstić information content (AvgIpc) is 2.36. The Bertz CT molecular complexity index is 203. The van der Waals surface area contributed by atoms with E-state index in [4.69, 9.17) is 4.74 Å². The summed E-state index contributed by atoms with van der Waals surface area (Å²) in [4.78, 5) is 2.47. The molecule has 1 aliphatic carbocycles. The second-order valence-electron chi connectivity index (χ2n) is 5.32. The quantitative estimate of drug-likeness (QED) is 0.696. The van der Waals surface area contributed by atoms with Gasteiger partial charge in [0.2, 0.25) is 0 Å². The largest absolute Gasteiger partial charge is 0.374 e. The van der Waals surface area contributed by atoms with Crippen LogP contribution in [-0.4, -0.2) is 37.2 Å². The zero-order valence-corrected chi connectivity index (χ0v) is 10.3. The fourth-order valence-corrected chi connectivity index (χ4v) is 3.56. The van der Waals surface area contributed by atoms with E-state index in [2.05, 4.69) is 18.9 Å². The number of ether oxygens (including phenoxy) is 1. The lowest BCUT2D eigenvalue weighted by atomic mass is 9.73. The van der Waals surface area contributed by atoms with E-state index in [0.29, 0.717) is 0 Å². The Balaban J connectivity index is 2.14. The molecule has 1 saturated carbocycles. The van der Waals surface area contributed by atoms with Crippen LogP contribution in [0.3, 0.4) is 0 Å². The SMILES string of the molecule is CCOC12CCCCC1CCCN(C)C2. The average molecular weight is 211 g/mol. The Morgan fingerprint density at radius 1 is 1.27 bits per heavy atom. The fourth-order valence-electron chi connectivity index (χ4n) is 3.56. The Kier molecular flexibility index (Phi) is 3.68. The van der Waals surface area contributed by atoms with Crippen LogP contribution in [0.15, 0.2) is 0 Å². The molecule has 2 fully saturated rings. The van der Waals surface area contributed by atoms with Gasteiger partial charge < -0.3 is 9.64 Å². The number of rotatable bonds is 2. The molecule has 0 radical (unpaired) electrons. The highest BCUT2D eigenvalue weighted by molar-refractivity contribution is 4.95. The zero-order valence-electron chi connectivity index (χ0n) is 10.3. The molecule has 0 N–H and O–H groups in total. The van der Waals surface area contributed by atoms with Gasteiger partial charge in [-0.15, -0.1) is 0 Å². The van der Waals surface area contributed by atoms with Gasteiger partial charge in [0.15, 0.2) is 0 Å². The molecule has 2 nitrogen and oxygen atoms in total. The predicted molar refractivity (Wildman–Crippen MR) is 63.0 cm³/mol. The molecule has 0 amide bonds. The molecule has 2 heteroatoms. The summed E-state index contributed by atoms with van der Waals surface area (Å²) in [6.07, 6.45) is 8.21. The minimum Gasteiger partial charge on any atom is -0.374 e. The number of hydrogen-bond acceptors (Lipinski definition) is 2. The summed E-state index contributed by atoms with van der Waals surface area (Å²) in [5.41, 5.74) is 0.207. The van der Waals surface area contributed by atoms with E-state index in [9.17, 15) is 0 Å². The Labute approximate surface area is 94.0 Å². The molecule has 1 heterocycles. The molecule has 15 heavy (non-hydrogen) atoms. The zero-order chi connectivity index (χ0) is 10.7. The number of nitrogens with zero attached hydrogens (tertiary/aromatic N) is 1. The minimum atomic E-state index is 0.207. The number of likely N-dealkylation sites (tertiary alicyclic amines) is 1. The van der Waals surface area contributed by atoms with Gasteiger partial charge >= 0.3 is 0 Å². The molecule has 2 atom stereocenters. The summed E-state index contributed by atoms with van der Waals surface area (Å²) < 4.78 is 6.18. The summed E-state index contributed by atoms with van der Waals surface area (Å²) >= 11 is 0. The molecule has 0 aromatic heterocycles. The van der Waals surface area contributed by atoms with Crippen LogP contribution in [0, 0.1) is 5.92 Å². The first-order chi connectivity index (χ1) is 7.27. The van der Waals surface area contributed by atoms with Crippen LogP contribution in [0.2, 0.25) is 0 Å². The van der Waals surface area contributed by atoms with Crippen molar-refractivity contribution < 1.29 is 4.74 Å². The summed E-state index contributed by atoms with van der Waals surface area (Å²) in [7, 11) is 2.25. The number of likely N-dealkylation sites (N-methyl/N-ethyl adjacent to an activating group) is 1. The second-order valence-corrected chi connectivity index (χ2v) is 5.32. The van der Waals surface area contributed by atoms with E-state index in [0.717, 1.165) is 19.1 Å². The van der Waals surface area contributed by atoms with Crippen LogP contribution >= 0.6 is 0 Å². The van der Waals surface area contributed by atoms with Crippen LogP contribution in [-0.2, 0) is 4.74 Å². The predicted octanol–water partition coefficient (Wildman–Crippen LogP) is 2.68. The second kappa shape index (κ2) is 4.84. The molecule has 0 bridgehead atoms. The first-order valence-corrected chi connectivity index (χ1v) is 6.59. The molecule has 1 aliphatic heterocycles. The Hall–Kier alpha value is -0.0800. The van der Waals surface area contributed by atoms with Crippen molar-refractivity contribution in [2.24, 2.45) is 5.92 Å². The van der Waals surface area contributed by atoms with Gasteiger partial charge in [0, 0.05) is 13.2 Å². The molecule has 88 valence electrons. The summed E-state index contributed by atoms with van der Waals surface area (Å²) in [5, 5.41) is 0. The van der Waals surface area contributed by atoms with Crippen molar-refractivity contribution in [2.75, 3.05) is 26.7 Å². The fraction of sp³-hybridized carbons (Fsp3) is 1.00. The molecular formula is C13H25NO. The van der Waals surface area contributed by atoms with E-state index >= 15 is 0 Å². The maximum absolute atomic E-state index is 6.18. The molecule has 0 aromatic carbocycles. The minimum absolute atomic E-state index is 0.207. The summed E-state index contributed by atoms with van der Waals surface area (Å²) in [5.74, 6) is 0.830. The van der Waals surface area contributed by atoms with Crippen molar-refractivity contribution in [1.29, 1.82) is 0 Å². The van der Waals surface area contributed by atoms with E-state index in [1.807, 2.05) is 0 Å². The van der Waals surface area contributed by atoms with Gasteiger partial charge in [-0.1, -0.05) is 12.8 Å². The van der Waals surface area contributed by atoms with Crippen LogP contribution in [0.4, 0.5) is 0 Å². The van der Waals surface area contributed by atoms with Crippen molar-refractivity contribution in [3.63, 3.8) is 0 Å². The van der Waals surface area contributed by atoms with Crippen molar-refractivity contribution in [1.82, 2.24) is 4.90 Å². The third-order valence-corrected chi connectivity index (χ3v) is 4.21. The van der Waals surface area contributed by atoms with Gasteiger partial charge in [0.05, 0.1) is 5.60 Å². The van der Waals surface area contributed by atoms with E-state index in [-0.39, 0.29) is 5.60 Å². The first-order valence-electron chi connectivity index (χ1n) is 6.59. The number of hydrogen-bond donors (Lipinski definition) is 0. The highest BCUT2D eigenvalue weighted by Gasteiger charge is 2.43. The van der Waals surface area contributed by atoms with E-state index in [1.54, 1.807) is 0 Å². The van der Waals surface area contributed by atoms with Gasteiger partial charge in [-0.25, -0.2) is 0 Å². The van der Waals surface area contributed by atoms with Crippen molar-refractivity contribution in [2.45, 2.75) is 51.0 Å². The lowest BCUT2D eigenvalue weighted by Gasteiger charge is -2.44. The lowest BCUT2D eigenvalue weighted by Crippen LogP contribution is -2.49. The van der Waals surface area contributed by atoms with Crippen LogP contribution in [0.25, 0.3) is 0 Å². The number of fused-ring (bicyclic) bond motifs is 1. The standard InChI is InChI=1S/C13H25NO/c1-3-15-13-9-5-4-7-12(13)8-6-10-14(2)11-13/h12H,3-11H2,1-2H3. The molecule has 1 saturated heterocycles. The highest BCUT2D eigenvalue weighted by Crippen LogP contribution is 2.41. The molecule has 0 aromatic rings. The van der Waals surface area contributed by atoms with Gasteiger partial charge in [0.1, 0.15) is 0 Å². The lowest BCUT2D eigenvalue weighted by molar-refractivity contribution is -0.111. The maximum atomic E-state index is 6.18. The monoisotopic (exact) mass is 211 g/mol. The van der Waals surface area contributed by atoms with Gasteiger partial charge in [-0.05, 0) is 52.1 Å². The molecular weight excluding hydrogens is 186 g/mol. The molecule has 2 aliphatic rings. The Morgan fingerprint density at radius 3 is 2.87 bits per heavy atom. The van der Waals surface area contributed by atoms with Crippen molar-refractivity contribution in [3.05, 3.63) is 0 Å². The third kappa shape index (κ3) is 2.36. The van der Waals surface area contributed by atoms with Gasteiger partial charge in [0.25, 0.3) is 0 Å². The van der Waals surface area contributed by atoms with Crippen molar-refractivity contribution in [3.8, 4) is 0 Å². The molecule has 2 unspecified atom stereocenters. The molecule has 2 rings (SSSR count).